The molecule has 0 amide bonds. The van der Waals surface area contributed by atoms with E-state index in [-0.39, 0.29) is 0 Å². The first-order valence-corrected chi connectivity index (χ1v) is 9.12. The topological polar surface area (TPSA) is 29.9 Å². The smallest absolute Gasteiger partial charge is 0.0698 e. The molecule has 0 spiro atoms. The van der Waals surface area contributed by atoms with Crippen molar-refractivity contribution >= 4 is 27.7 Å². The molecule has 1 aliphatic rings. The zero-order valence-corrected chi connectivity index (χ0v) is 14.7. The van der Waals surface area contributed by atoms with Gasteiger partial charge in [0, 0.05) is 23.6 Å². The van der Waals surface area contributed by atoms with E-state index in [1.807, 2.05) is 29.7 Å². The molecule has 0 aliphatic carbocycles. The van der Waals surface area contributed by atoms with Crippen molar-refractivity contribution in [2.45, 2.75) is 30.2 Å². The van der Waals surface area contributed by atoms with Crippen LogP contribution in [-0.4, -0.2) is 22.1 Å². The van der Waals surface area contributed by atoms with E-state index in [0.29, 0.717) is 12.0 Å². The summed E-state index contributed by atoms with van der Waals surface area (Å²) in [5, 5.41) is 8.13. The third-order valence-corrected chi connectivity index (χ3v) is 5.81. The molecule has 1 aliphatic heterocycles. The van der Waals surface area contributed by atoms with Gasteiger partial charge in [0.15, 0.2) is 0 Å². The molecule has 0 radical (unpaired) electrons. The standard InChI is InChI=1S/C16H20BrN3S/c1-3-8-18-15(16-13(17)9-19-20(16)2)12-10-21-14-7-5-4-6-11(12)14/h4-7,9,12,15,18H,3,8,10H2,1-2H3. The van der Waals surface area contributed by atoms with E-state index in [1.165, 1.54) is 16.2 Å². The molecule has 3 rings (SSSR count). The quantitative estimate of drug-likeness (QED) is 0.864. The molecule has 2 heterocycles. The van der Waals surface area contributed by atoms with Gasteiger partial charge < -0.3 is 5.32 Å². The Balaban J connectivity index is 1.98. The molecule has 2 atom stereocenters. The average molecular weight is 366 g/mol. The molecule has 2 aromatic rings. The Hall–Kier alpha value is -0.780. The number of fused-ring (bicyclic) bond motifs is 1. The van der Waals surface area contributed by atoms with E-state index < -0.39 is 0 Å². The number of benzene rings is 1. The maximum Gasteiger partial charge on any atom is 0.0698 e. The first kappa shape index (κ1) is 15.1. The zero-order chi connectivity index (χ0) is 14.8. The van der Waals surface area contributed by atoms with Crippen LogP contribution in [0.25, 0.3) is 0 Å². The fourth-order valence-corrected chi connectivity index (χ4v) is 4.85. The van der Waals surface area contributed by atoms with E-state index in [0.717, 1.165) is 23.2 Å². The van der Waals surface area contributed by atoms with Gasteiger partial charge in [0.05, 0.1) is 22.4 Å². The third kappa shape index (κ3) is 2.91. The van der Waals surface area contributed by atoms with Crippen LogP contribution in [0.3, 0.4) is 0 Å². The maximum absolute atomic E-state index is 4.40. The van der Waals surface area contributed by atoms with Crippen LogP contribution in [0.15, 0.2) is 39.8 Å². The molecule has 2 unspecified atom stereocenters. The van der Waals surface area contributed by atoms with Gasteiger partial charge >= 0.3 is 0 Å². The number of aromatic nitrogens is 2. The van der Waals surface area contributed by atoms with Gasteiger partial charge in [-0.25, -0.2) is 0 Å². The van der Waals surface area contributed by atoms with Crippen molar-refractivity contribution in [2.24, 2.45) is 7.05 Å². The van der Waals surface area contributed by atoms with Gasteiger partial charge in [0.1, 0.15) is 0 Å². The number of aryl methyl sites for hydroxylation is 1. The summed E-state index contributed by atoms with van der Waals surface area (Å²) in [5.41, 5.74) is 2.70. The number of hydrogen-bond donors (Lipinski definition) is 1. The summed E-state index contributed by atoms with van der Waals surface area (Å²) in [5.74, 6) is 1.61. The minimum atomic E-state index is 0.294. The number of halogens is 1. The van der Waals surface area contributed by atoms with Gasteiger partial charge in [0.25, 0.3) is 0 Å². The Bertz CT molecular complexity index is 606. The van der Waals surface area contributed by atoms with Crippen LogP contribution in [0.1, 0.15) is 36.6 Å². The minimum absolute atomic E-state index is 0.294. The number of nitrogens with one attached hydrogen (secondary N) is 1. The summed E-state index contributed by atoms with van der Waals surface area (Å²) < 4.78 is 3.08. The Morgan fingerprint density at radius 1 is 1.48 bits per heavy atom. The lowest BCUT2D eigenvalue weighted by Gasteiger charge is -2.26. The van der Waals surface area contributed by atoms with Crippen LogP contribution in [0.2, 0.25) is 0 Å². The molecule has 3 nitrogen and oxygen atoms in total. The van der Waals surface area contributed by atoms with Crippen molar-refractivity contribution in [3.8, 4) is 0 Å². The Morgan fingerprint density at radius 2 is 2.29 bits per heavy atom. The molecular weight excluding hydrogens is 346 g/mol. The molecule has 5 heteroatoms. The van der Waals surface area contributed by atoms with E-state index >= 15 is 0 Å². The second-order valence-corrected chi connectivity index (χ2v) is 7.30. The van der Waals surface area contributed by atoms with Gasteiger partial charge in [-0.3, -0.25) is 4.68 Å². The second-order valence-electron chi connectivity index (χ2n) is 5.39. The largest absolute Gasteiger partial charge is 0.308 e. The highest BCUT2D eigenvalue weighted by Crippen LogP contribution is 2.46. The molecule has 112 valence electrons. The number of nitrogens with zero attached hydrogens (tertiary/aromatic N) is 2. The van der Waals surface area contributed by atoms with Crippen molar-refractivity contribution < 1.29 is 0 Å². The molecule has 0 fully saturated rings. The monoisotopic (exact) mass is 365 g/mol. The molecule has 0 bridgehead atoms. The van der Waals surface area contributed by atoms with Crippen molar-refractivity contribution in [1.29, 1.82) is 0 Å². The summed E-state index contributed by atoms with van der Waals surface area (Å²) >= 11 is 5.63. The molecule has 0 saturated carbocycles. The Labute approximate surface area is 138 Å². The summed E-state index contributed by atoms with van der Waals surface area (Å²) in [6, 6.07) is 9.07. The lowest BCUT2D eigenvalue weighted by atomic mass is 9.91. The SMILES string of the molecule is CCCNC(c1c(Br)cnn1C)C1CSc2ccccc21. The van der Waals surface area contributed by atoms with Gasteiger partial charge in [-0.05, 0) is 40.5 Å². The highest BCUT2D eigenvalue weighted by Gasteiger charge is 2.33. The summed E-state index contributed by atoms with van der Waals surface area (Å²) in [4.78, 5) is 1.42. The van der Waals surface area contributed by atoms with Crippen LogP contribution in [-0.2, 0) is 7.05 Å². The van der Waals surface area contributed by atoms with Crippen LogP contribution in [0.4, 0.5) is 0 Å². The molecular formula is C16H20BrN3S. The van der Waals surface area contributed by atoms with Crippen LogP contribution in [0, 0.1) is 0 Å². The predicted molar refractivity (Wildman–Crippen MR) is 91.8 cm³/mol. The fraction of sp³-hybridized carbons (Fsp3) is 0.438. The highest BCUT2D eigenvalue weighted by molar-refractivity contribution is 9.10. The van der Waals surface area contributed by atoms with E-state index in [4.69, 9.17) is 0 Å². The van der Waals surface area contributed by atoms with E-state index in [1.54, 1.807) is 0 Å². The summed E-state index contributed by atoms with van der Waals surface area (Å²) in [7, 11) is 2.02. The maximum atomic E-state index is 4.40. The molecule has 1 aromatic carbocycles. The van der Waals surface area contributed by atoms with Crippen molar-refractivity contribution in [1.82, 2.24) is 15.1 Å². The lowest BCUT2D eigenvalue weighted by Crippen LogP contribution is -2.30. The Kier molecular flexibility index (Phi) is 4.72. The first-order chi connectivity index (χ1) is 10.2. The van der Waals surface area contributed by atoms with E-state index in [2.05, 4.69) is 57.5 Å². The average Bonchev–Trinajstić information content (AvgIpc) is 3.06. The molecule has 21 heavy (non-hydrogen) atoms. The van der Waals surface area contributed by atoms with Gasteiger partial charge in [-0.15, -0.1) is 11.8 Å². The zero-order valence-electron chi connectivity index (χ0n) is 12.3. The first-order valence-electron chi connectivity index (χ1n) is 7.35. The van der Waals surface area contributed by atoms with Gasteiger partial charge in [0.2, 0.25) is 0 Å². The summed E-state index contributed by atoms with van der Waals surface area (Å²) in [6.07, 6.45) is 3.03. The third-order valence-electron chi connectivity index (χ3n) is 3.99. The lowest BCUT2D eigenvalue weighted by molar-refractivity contribution is 0.442. The van der Waals surface area contributed by atoms with Crippen molar-refractivity contribution in [3.05, 3.63) is 46.2 Å². The van der Waals surface area contributed by atoms with Crippen molar-refractivity contribution in [3.63, 3.8) is 0 Å². The van der Waals surface area contributed by atoms with E-state index in [9.17, 15) is 0 Å². The molecule has 1 aromatic heterocycles. The molecule has 1 N–H and O–H groups in total. The predicted octanol–water partition coefficient (Wildman–Crippen LogP) is 4.11. The second kappa shape index (κ2) is 6.55. The highest BCUT2D eigenvalue weighted by atomic mass is 79.9. The minimum Gasteiger partial charge on any atom is -0.308 e. The summed E-state index contributed by atoms with van der Waals surface area (Å²) in [6.45, 7) is 3.23. The Morgan fingerprint density at radius 3 is 3.00 bits per heavy atom. The van der Waals surface area contributed by atoms with Crippen LogP contribution < -0.4 is 5.32 Å². The van der Waals surface area contributed by atoms with Crippen molar-refractivity contribution in [2.75, 3.05) is 12.3 Å². The molecule has 0 saturated heterocycles. The van der Waals surface area contributed by atoms with Gasteiger partial charge in [-0.1, -0.05) is 25.1 Å². The number of thioether (sulfide) groups is 1. The van der Waals surface area contributed by atoms with Crippen LogP contribution in [0.5, 0.6) is 0 Å². The van der Waals surface area contributed by atoms with Crippen LogP contribution >= 0.6 is 27.7 Å². The normalized spacial score (nSPS) is 18.7. The number of hydrogen-bond acceptors (Lipinski definition) is 3. The fourth-order valence-electron chi connectivity index (χ4n) is 2.96. The number of rotatable bonds is 5. The van der Waals surface area contributed by atoms with Gasteiger partial charge in [-0.2, -0.15) is 5.10 Å².